The molecule has 1 aromatic rings. The van der Waals surface area contributed by atoms with Crippen LogP contribution in [-0.2, 0) is 4.74 Å². The van der Waals surface area contributed by atoms with Crippen molar-refractivity contribution in [2.45, 2.75) is 26.4 Å². The van der Waals surface area contributed by atoms with Gasteiger partial charge in [-0.05, 0) is 36.7 Å². The zero-order valence-corrected chi connectivity index (χ0v) is 9.33. The van der Waals surface area contributed by atoms with Crippen LogP contribution in [0.5, 0.6) is 0 Å². The maximum Gasteiger partial charge on any atom is 0.420 e. The zero-order valence-electron chi connectivity index (χ0n) is 7.74. The zero-order chi connectivity index (χ0) is 10.1. The Kier molecular flexibility index (Phi) is 2.75. The van der Waals surface area contributed by atoms with E-state index in [0.717, 1.165) is 0 Å². The monoisotopic (exact) mass is 246 g/mol. The molecule has 0 bridgehead atoms. The van der Waals surface area contributed by atoms with E-state index in [1.165, 1.54) is 17.1 Å². The van der Waals surface area contributed by atoms with Crippen molar-refractivity contribution in [2.75, 3.05) is 0 Å². The van der Waals surface area contributed by atoms with E-state index in [9.17, 15) is 4.79 Å². The molecule has 0 saturated carbocycles. The highest BCUT2D eigenvalue weighted by molar-refractivity contribution is 9.10. The van der Waals surface area contributed by atoms with E-state index in [1.54, 1.807) is 0 Å². The molecule has 13 heavy (non-hydrogen) atoms. The molecule has 0 fully saturated rings. The normalized spacial score (nSPS) is 11.4. The Hall–Kier alpha value is -0.840. The highest BCUT2D eigenvalue weighted by Crippen LogP contribution is 2.13. The van der Waals surface area contributed by atoms with Gasteiger partial charge in [0.1, 0.15) is 16.5 Å². The lowest BCUT2D eigenvalue weighted by Crippen LogP contribution is -2.26. The Balaban J connectivity index is 2.76. The topological polar surface area (TPSA) is 44.1 Å². The maximum absolute atomic E-state index is 11.4. The third-order valence-electron chi connectivity index (χ3n) is 1.18. The van der Waals surface area contributed by atoms with E-state index in [0.29, 0.717) is 4.60 Å². The summed E-state index contributed by atoms with van der Waals surface area (Å²) < 4.78 is 7.00. The smallest absolute Gasteiger partial charge is 0.420 e. The van der Waals surface area contributed by atoms with Crippen LogP contribution in [0, 0.1) is 0 Å². The predicted octanol–water partition coefficient (Wildman–Crippen LogP) is 2.43. The Morgan fingerprint density at radius 2 is 2.23 bits per heavy atom. The summed E-state index contributed by atoms with van der Waals surface area (Å²) in [5.74, 6) is 0. The lowest BCUT2D eigenvalue weighted by Gasteiger charge is -2.19. The number of carbonyl (C=O) groups excluding carboxylic acids is 1. The molecule has 1 heterocycles. The first-order valence-electron chi connectivity index (χ1n) is 3.81. The standard InChI is InChI=1S/C8H11BrN2O2/c1-8(2,3)13-7(12)11-5-10-4-6(11)9/h4-5H,1-3H3. The molecule has 4 nitrogen and oxygen atoms in total. The maximum atomic E-state index is 11.4. The summed E-state index contributed by atoms with van der Waals surface area (Å²) >= 11 is 3.17. The van der Waals surface area contributed by atoms with Crippen LogP contribution in [0.15, 0.2) is 17.1 Å². The lowest BCUT2D eigenvalue weighted by molar-refractivity contribution is 0.0533. The highest BCUT2D eigenvalue weighted by atomic mass is 79.9. The van der Waals surface area contributed by atoms with Gasteiger partial charge in [0.05, 0.1) is 6.20 Å². The minimum atomic E-state index is -0.485. The molecule has 0 amide bonds. The van der Waals surface area contributed by atoms with E-state index < -0.39 is 11.7 Å². The second-order valence-corrected chi connectivity index (χ2v) is 4.38. The van der Waals surface area contributed by atoms with Crippen LogP contribution in [0.1, 0.15) is 20.8 Å². The third kappa shape index (κ3) is 2.84. The second kappa shape index (κ2) is 3.49. The van der Waals surface area contributed by atoms with Gasteiger partial charge in [0.2, 0.25) is 0 Å². The number of halogens is 1. The molecule has 0 aromatic carbocycles. The first kappa shape index (κ1) is 10.2. The van der Waals surface area contributed by atoms with Gasteiger partial charge < -0.3 is 4.74 Å². The number of aromatic nitrogens is 2. The van der Waals surface area contributed by atoms with Crippen molar-refractivity contribution < 1.29 is 9.53 Å². The molecule has 5 heteroatoms. The van der Waals surface area contributed by atoms with Gasteiger partial charge in [0.15, 0.2) is 0 Å². The fourth-order valence-corrected chi connectivity index (χ4v) is 1.08. The van der Waals surface area contributed by atoms with Crippen molar-refractivity contribution in [3.8, 4) is 0 Å². The van der Waals surface area contributed by atoms with Crippen LogP contribution in [0.2, 0.25) is 0 Å². The Labute approximate surface area is 85.0 Å². The molecule has 72 valence electrons. The van der Waals surface area contributed by atoms with E-state index in [2.05, 4.69) is 20.9 Å². The Morgan fingerprint density at radius 1 is 1.62 bits per heavy atom. The van der Waals surface area contributed by atoms with Crippen molar-refractivity contribution in [2.24, 2.45) is 0 Å². The molecule has 0 aliphatic carbocycles. The van der Waals surface area contributed by atoms with Crippen LogP contribution >= 0.6 is 15.9 Å². The van der Waals surface area contributed by atoms with Gasteiger partial charge in [0, 0.05) is 0 Å². The average molecular weight is 247 g/mol. The first-order valence-corrected chi connectivity index (χ1v) is 4.60. The van der Waals surface area contributed by atoms with E-state index >= 15 is 0 Å². The number of nitrogens with zero attached hydrogens (tertiary/aromatic N) is 2. The molecule has 0 aliphatic rings. The minimum Gasteiger partial charge on any atom is -0.443 e. The molecule has 0 aliphatic heterocycles. The summed E-state index contributed by atoms with van der Waals surface area (Å²) in [7, 11) is 0. The second-order valence-electron chi connectivity index (χ2n) is 3.57. The molecule has 0 spiro atoms. The molecule has 0 radical (unpaired) electrons. The first-order chi connectivity index (χ1) is 5.90. The van der Waals surface area contributed by atoms with Crippen LogP contribution in [0.4, 0.5) is 4.79 Å². The van der Waals surface area contributed by atoms with Gasteiger partial charge in [-0.3, -0.25) is 0 Å². The predicted molar refractivity (Wildman–Crippen MR) is 51.6 cm³/mol. The largest absolute Gasteiger partial charge is 0.443 e. The summed E-state index contributed by atoms with van der Waals surface area (Å²) in [4.78, 5) is 15.2. The minimum absolute atomic E-state index is 0.433. The number of ether oxygens (including phenoxy) is 1. The van der Waals surface area contributed by atoms with Gasteiger partial charge >= 0.3 is 6.09 Å². The van der Waals surface area contributed by atoms with Gasteiger partial charge in [-0.2, -0.15) is 0 Å². The molecule has 0 saturated heterocycles. The quantitative estimate of drug-likeness (QED) is 0.707. The van der Waals surface area contributed by atoms with Crippen LogP contribution in [0.3, 0.4) is 0 Å². The van der Waals surface area contributed by atoms with Gasteiger partial charge in [-0.15, -0.1) is 0 Å². The molecule has 1 rings (SSSR count). The fraction of sp³-hybridized carbons (Fsp3) is 0.500. The lowest BCUT2D eigenvalue weighted by atomic mass is 10.2. The van der Waals surface area contributed by atoms with Crippen molar-refractivity contribution in [3.63, 3.8) is 0 Å². The highest BCUT2D eigenvalue weighted by Gasteiger charge is 2.18. The van der Waals surface area contributed by atoms with Gasteiger partial charge in [0.25, 0.3) is 0 Å². The van der Waals surface area contributed by atoms with Crippen LogP contribution < -0.4 is 0 Å². The van der Waals surface area contributed by atoms with Gasteiger partial charge in [-0.25, -0.2) is 14.3 Å². The van der Waals surface area contributed by atoms with Crippen LogP contribution in [0.25, 0.3) is 0 Å². The van der Waals surface area contributed by atoms with Crippen molar-refractivity contribution in [1.82, 2.24) is 9.55 Å². The average Bonchev–Trinajstić information content (AvgIpc) is 2.30. The Morgan fingerprint density at radius 3 is 2.62 bits per heavy atom. The SMILES string of the molecule is CC(C)(C)OC(=O)n1cncc1Br. The summed E-state index contributed by atoms with van der Waals surface area (Å²) in [6.07, 6.45) is 2.50. The molecule has 0 unspecified atom stereocenters. The fourth-order valence-electron chi connectivity index (χ4n) is 0.724. The van der Waals surface area contributed by atoms with E-state index in [1.807, 2.05) is 20.8 Å². The Bertz CT molecular complexity index is 314. The summed E-state index contributed by atoms with van der Waals surface area (Å²) in [5.41, 5.74) is -0.485. The summed E-state index contributed by atoms with van der Waals surface area (Å²) in [6.45, 7) is 5.45. The molecule has 1 aromatic heterocycles. The number of hydrogen-bond donors (Lipinski definition) is 0. The van der Waals surface area contributed by atoms with E-state index in [4.69, 9.17) is 4.74 Å². The van der Waals surface area contributed by atoms with Crippen molar-refractivity contribution in [1.29, 1.82) is 0 Å². The summed E-state index contributed by atoms with van der Waals surface area (Å²) in [5, 5.41) is 0. The number of carbonyl (C=O) groups is 1. The van der Waals surface area contributed by atoms with Crippen molar-refractivity contribution in [3.05, 3.63) is 17.1 Å². The van der Waals surface area contributed by atoms with Crippen LogP contribution in [-0.4, -0.2) is 21.2 Å². The number of rotatable bonds is 0. The molecular formula is C8H11BrN2O2. The third-order valence-corrected chi connectivity index (χ3v) is 1.77. The number of imidazole rings is 1. The molecule has 0 atom stereocenters. The number of hydrogen-bond acceptors (Lipinski definition) is 3. The summed E-state index contributed by atoms with van der Waals surface area (Å²) in [6, 6.07) is 0. The van der Waals surface area contributed by atoms with E-state index in [-0.39, 0.29) is 0 Å². The molecular weight excluding hydrogens is 236 g/mol. The van der Waals surface area contributed by atoms with Gasteiger partial charge in [-0.1, -0.05) is 0 Å². The molecule has 0 N–H and O–H groups in total. The van der Waals surface area contributed by atoms with Crippen molar-refractivity contribution >= 4 is 22.0 Å².